The van der Waals surface area contributed by atoms with E-state index in [-0.39, 0.29) is 0 Å². The van der Waals surface area contributed by atoms with E-state index in [0.29, 0.717) is 0 Å². The second-order valence-electron chi connectivity index (χ2n) is 4.31. The molecule has 3 rings (SSSR count). The van der Waals surface area contributed by atoms with E-state index in [1.165, 1.54) is 30.1 Å². The van der Waals surface area contributed by atoms with Crippen molar-refractivity contribution in [1.29, 1.82) is 0 Å². The first-order valence-corrected chi connectivity index (χ1v) is 5.69. The molecule has 1 aliphatic carbocycles. The molecular formula is C11H17N3. The second-order valence-corrected chi connectivity index (χ2v) is 4.31. The fourth-order valence-electron chi connectivity index (χ4n) is 2.40. The standard InChI is InChI=1S/C11H17N3/c1-2-14-10-5-6-12-7-9(10)13-11(14)8-3-4-8/h8,12H,2-7H2,1H3. The normalized spacial score (nSPS) is 20.9. The SMILES string of the molecule is CCn1c(C2CC2)nc2c1CCNC2. The van der Waals surface area contributed by atoms with Crippen molar-refractivity contribution < 1.29 is 0 Å². The summed E-state index contributed by atoms with van der Waals surface area (Å²) in [5.74, 6) is 2.14. The molecule has 0 radical (unpaired) electrons. The molecular weight excluding hydrogens is 174 g/mol. The number of nitrogens with one attached hydrogen (secondary N) is 1. The van der Waals surface area contributed by atoms with Crippen molar-refractivity contribution in [2.75, 3.05) is 6.54 Å². The maximum atomic E-state index is 4.78. The summed E-state index contributed by atoms with van der Waals surface area (Å²) < 4.78 is 2.45. The van der Waals surface area contributed by atoms with Gasteiger partial charge in [0.1, 0.15) is 5.82 Å². The molecule has 0 bridgehead atoms. The van der Waals surface area contributed by atoms with E-state index < -0.39 is 0 Å². The summed E-state index contributed by atoms with van der Waals surface area (Å²) in [6.07, 6.45) is 3.86. The van der Waals surface area contributed by atoms with Crippen molar-refractivity contribution in [2.45, 2.75) is 45.2 Å². The molecule has 1 aliphatic heterocycles. The van der Waals surface area contributed by atoms with Gasteiger partial charge in [-0.3, -0.25) is 0 Å². The summed E-state index contributed by atoms with van der Waals surface area (Å²) in [6, 6.07) is 0. The molecule has 1 aromatic rings. The summed E-state index contributed by atoms with van der Waals surface area (Å²) in [5.41, 5.74) is 2.80. The van der Waals surface area contributed by atoms with Gasteiger partial charge in [-0.05, 0) is 19.8 Å². The Balaban J connectivity index is 2.06. The number of rotatable bonds is 2. The predicted molar refractivity (Wildman–Crippen MR) is 55.3 cm³/mol. The molecule has 3 heteroatoms. The average molecular weight is 191 g/mol. The van der Waals surface area contributed by atoms with Crippen molar-refractivity contribution in [3.63, 3.8) is 0 Å². The molecule has 2 aliphatic rings. The maximum Gasteiger partial charge on any atom is 0.112 e. The summed E-state index contributed by atoms with van der Waals surface area (Å²) in [6.45, 7) is 5.41. The van der Waals surface area contributed by atoms with E-state index in [2.05, 4.69) is 16.8 Å². The molecule has 1 fully saturated rings. The van der Waals surface area contributed by atoms with Crippen LogP contribution in [0, 0.1) is 0 Å². The topological polar surface area (TPSA) is 29.9 Å². The predicted octanol–water partition coefficient (Wildman–Crippen LogP) is 1.43. The van der Waals surface area contributed by atoms with Crippen LogP contribution in [0.4, 0.5) is 0 Å². The van der Waals surface area contributed by atoms with Crippen molar-refractivity contribution >= 4 is 0 Å². The molecule has 0 aromatic carbocycles. The molecule has 0 atom stereocenters. The number of hydrogen-bond acceptors (Lipinski definition) is 2. The highest BCUT2D eigenvalue weighted by molar-refractivity contribution is 5.23. The van der Waals surface area contributed by atoms with E-state index >= 15 is 0 Å². The fraction of sp³-hybridized carbons (Fsp3) is 0.727. The van der Waals surface area contributed by atoms with Crippen molar-refractivity contribution in [3.05, 3.63) is 17.2 Å². The minimum Gasteiger partial charge on any atom is -0.332 e. The smallest absolute Gasteiger partial charge is 0.112 e. The van der Waals surface area contributed by atoms with Gasteiger partial charge in [0.25, 0.3) is 0 Å². The van der Waals surface area contributed by atoms with E-state index in [1.54, 1.807) is 0 Å². The molecule has 76 valence electrons. The van der Waals surface area contributed by atoms with E-state index in [1.807, 2.05) is 0 Å². The zero-order valence-corrected chi connectivity index (χ0v) is 8.71. The van der Waals surface area contributed by atoms with Gasteiger partial charge in [0, 0.05) is 37.7 Å². The fourth-order valence-corrected chi connectivity index (χ4v) is 2.40. The Morgan fingerprint density at radius 2 is 2.36 bits per heavy atom. The molecule has 0 saturated heterocycles. The van der Waals surface area contributed by atoms with Crippen LogP contribution in [0.25, 0.3) is 0 Å². The molecule has 0 amide bonds. The number of fused-ring (bicyclic) bond motifs is 1. The first-order valence-electron chi connectivity index (χ1n) is 5.69. The first-order chi connectivity index (χ1) is 6.90. The Morgan fingerprint density at radius 1 is 1.50 bits per heavy atom. The van der Waals surface area contributed by atoms with Gasteiger partial charge < -0.3 is 9.88 Å². The van der Waals surface area contributed by atoms with Crippen LogP contribution in [-0.4, -0.2) is 16.1 Å². The third kappa shape index (κ3) is 1.19. The van der Waals surface area contributed by atoms with Gasteiger partial charge in [-0.25, -0.2) is 4.98 Å². The highest BCUT2D eigenvalue weighted by atomic mass is 15.1. The zero-order valence-electron chi connectivity index (χ0n) is 8.71. The maximum absolute atomic E-state index is 4.78. The van der Waals surface area contributed by atoms with Gasteiger partial charge in [-0.15, -0.1) is 0 Å². The number of imidazole rings is 1. The summed E-state index contributed by atoms with van der Waals surface area (Å²) >= 11 is 0. The highest BCUT2D eigenvalue weighted by Crippen LogP contribution is 2.40. The monoisotopic (exact) mass is 191 g/mol. The Kier molecular flexibility index (Phi) is 1.87. The van der Waals surface area contributed by atoms with E-state index in [4.69, 9.17) is 4.98 Å². The molecule has 1 saturated carbocycles. The minimum absolute atomic E-state index is 0.778. The number of nitrogens with zero attached hydrogens (tertiary/aromatic N) is 2. The van der Waals surface area contributed by atoms with Gasteiger partial charge in [0.15, 0.2) is 0 Å². The lowest BCUT2D eigenvalue weighted by Crippen LogP contribution is -2.24. The van der Waals surface area contributed by atoms with Crippen LogP contribution in [0.15, 0.2) is 0 Å². The van der Waals surface area contributed by atoms with Crippen molar-refractivity contribution in [1.82, 2.24) is 14.9 Å². The van der Waals surface area contributed by atoms with Crippen LogP contribution in [0.3, 0.4) is 0 Å². The minimum atomic E-state index is 0.778. The summed E-state index contributed by atoms with van der Waals surface area (Å²) in [5, 5.41) is 3.39. The lowest BCUT2D eigenvalue weighted by molar-refractivity contribution is 0.591. The summed E-state index contributed by atoms with van der Waals surface area (Å²) in [4.78, 5) is 4.78. The Hall–Kier alpha value is -0.830. The number of aromatic nitrogens is 2. The highest BCUT2D eigenvalue weighted by Gasteiger charge is 2.31. The quantitative estimate of drug-likeness (QED) is 0.766. The van der Waals surface area contributed by atoms with Crippen molar-refractivity contribution in [2.24, 2.45) is 0 Å². The Labute approximate surface area is 84.5 Å². The van der Waals surface area contributed by atoms with Crippen LogP contribution < -0.4 is 5.32 Å². The molecule has 0 spiro atoms. The van der Waals surface area contributed by atoms with Crippen LogP contribution in [0.2, 0.25) is 0 Å². The van der Waals surface area contributed by atoms with Crippen LogP contribution >= 0.6 is 0 Å². The van der Waals surface area contributed by atoms with Crippen LogP contribution in [0.1, 0.15) is 42.9 Å². The third-order valence-electron chi connectivity index (χ3n) is 3.27. The van der Waals surface area contributed by atoms with Gasteiger partial charge >= 0.3 is 0 Å². The molecule has 3 nitrogen and oxygen atoms in total. The largest absolute Gasteiger partial charge is 0.332 e. The Bertz CT molecular complexity index is 350. The van der Waals surface area contributed by atoms with Crippen LogP contribution in [0.5, 0.6) is 0 Å². The second kappa shape index (κ2) is 3.09. The number of hydrogen-bond donors (Lipinski definition) is 1. The lowest BCUT2D eigenvalue weighted by Gasteiger charge is -2.14. The van der Waals surface area contributed by atoms with Gasteiger partial charge in [-0.1, -0.05) is 0 Å². The summed E-state index contributed by atoms with van der Waals surface area (Å²) in [7, 11) is 0. The average Bonchev–Trinajstić information content (AvgIpc) is 2.99. The molecule has 1 aromatic heterocycles. The molecule has 1 N–H and O–H groups in total. The molecule has 14 heavy (non-hydrogen) atoms. The van der Waals surface area contributed by atoms with Gasteiger partial charge in [-0.2, -0.15) is 0 Å². The first kappa shape index (κ1) is 8.48. The Morgan fingerprint density at radius 3 is 3.07 bits per heavy atom. The lowest BCUT2D eigenvalue weighted by atomic mass is 10.2. The molecule has 2 heterocycles. The third-order valence-corrected chi connectivity index (χ3v) is 3.27. The van der Waals surface area contributed by atoms with E-state index in [9.17, 15) is 0 Å². The molecule has 0 unspecified atom stereocenters. The van der Waals surface area contributed by atoms with Gasteiger partial charge in [0.2, 0.25) is 0 Å². The van der Waals surface area contributed by atoms with E-state index in [0.717, 1.165) is 32.0 Å². The van der Waals surface area contributed by atoms with Crippen LogP contribution in [-0.2, 0) is 19.5 Å². The van der Waals surface area contributed by atoms with Gasteiger partial charge in [0.05, 0.1) is 5.69 Å². The van der Waals surface area contributed by atoms with Crippen molar-refractivity contribution in [3.8, 4) is 0 Å². The zero-order chi connectivity index (χ0) is 9.54.